The van der Waals surface area contributed by atoms with Crippen LogP contribution in [0.3, 0.4) is 0 Å². The van der Waals surface area contributed by atoms with Crippen molar-refractivity contribution in [1.29, 1.82) is 0 Å². The molecule has 20 heavy (non-hydrogen) atoms. The van der Waals surface area contributed by atoms with Gasteiger partial charge in [-0.1, -0.05) is 0 Å². The second kappa shape index (κ2) is 6.09. The van der Waals surface area contributed by atoms with Crippen LogP contribution in [0.2, 0.25) is 0 Å². The normalized spacial score (nSPS) is 10.5. The molecule has 2 heterocycles. The molecule has 0 unspecified atom stereocenters. The molecule has 0 fully saturated rings. The van der Waals surface area contributed by atoms with Crippen LogP contribution in [-0.4, -0.2) is 37.2 Å². The number of hydrogen-bond donors (Lipinski definition) is 2. The van der Waals surface area contributed by atoms with Crippen molar-refractivity contribution in [3.8, 4) is 0 Å². The first kappa shape index (κ1) is 13.9. The molecule has 0 aromatic carbocycles. The lowest BCUT2D eigenvalue weighted by atomic mass is 10.3. The summed E-state index contributed by atoms with van der Waals surface area (Å²) in [5.41, 5.74) is -0.239. The van der Waals surface area contributed by atoms with Crippen molar-refractivity contribution in [2.45, 2.75) is 26.8 Å². The lowest BCUT2D eigenvalue weighted by Gasteiger charge is -2.05. The molecule has 0 aliphatic heterocycles. The van der Waals surface area contributed by atoms with Gasteiger partial charge in [0, 0.05) is 13.1 Å². The van der Waals surface area contributed by atoms with E-state index in [2.05, 4.69) is 25.4 Å². The Morgan fingerprint density at radius 1 is 1.40 bits per heavy atom. The summed E-state index contributed by atoms with van der Waals surface area (Å²) in [5.74, 6) is 1.24. The summed E-state index contributed by atoms with van der Waals surface area (Å²) >= 11 is 0. The van der Waals surface area contributed by atoms with Crippen LogP contribution in [0.5, 0.6) is 0 Å². The molecule has 0 spiro atoms. The van der Waals surface area contributed by atoms with Crippen molar-refractivity contribution in [2.24, 2.45) is 0 Å². The number of H-pyrrole nitrogens is 1. The van der Waals surface area contributed by atoms with Crippen molar-refractivity contribution in [2.75, 3.05) is 6.54 Å². The van der Waals surface area contributed by atoms with E-state index in [0.29, 0.717) is 13.1 Å². The Hall–Kier alpha value is -2.51. The van der Waals surface area contributed by atoms with E-state index in [1.54, 1.807) is 4.68 Å². The van der Waals surface area contributed by atoms with Gasteiger partial charge in [0.05, 0.1) is 12.4 Å². The van der Waals surface area contributed by atoms with Crippen molar-refractivity contribution in [1.82, 2.24) is 30.0 Å². The zero-order chi connectivity index (χ0) is 14.5. The smallest absolute Gasteiger partial charge is 0.269 e. The largest absolute Gasteiger partial charge is 0.351 e. The number of hydrogen-bond acceptors (Lipinski definition) is 5. The maximum Gasteiger partial charge on any atom is 0.269 e. The summed E-state index contributed by atoms with van der Waals surface area (Å²) in [6.07, 6.45) is 3.16. The van der Waals surface area contributed by atoms with Crippen LogP contribution in [0.1, 0.15) is 28.6 Å². The monoisotopic (exact) mass is 276 g/mol. The second-order valence-corrected chi connectivity index (χ2v) is 4.35. The number of aryl methyl sites for hydroxylation is 3. The molecule has 1 amide bonds. The third-order valence-corrected chi connectivity index (χ3v) is 2.69. The van der Waals surface area contributed by atoms with Gasteiger partial charge in [-0.25, -0.2) is 4.98 Å². The van der Waals surface area contributed by atoms with Gasteiger partial charge in [0.15, 0.2) is 0 Å². The summed E-state index contributed by atoms with van der Waals surface area (Å²) in [6, 6.07) is 0. The molecule has 0 atom stereocenters. The average Bonchev–Trinajstić information content (AvgIpc) is 2.73. The quantitative estimate of drug-likeness (QED) is 0.736. The Bertz CT molecular complexity index is 660. The Morgan fingerprint density at radius 3 is 2.85 bits per heavy atom. The second-order valence-electron chi connectivity index (χ2n) is 4.35. The Morgan fingerprint density at radius 2 is 2.20 bits per heavy atom. The van der Waals surface area contributed by atoms with Crippen LogP contribution in [0, 0.1) is 13.8 Å². The maximum atomic E-state index is 11.7. The van der Waals surface area contributed by atoms with E-state index >= 15 is 0 Å². The molecular weight excluding hydrogens is 260 g/mol. The summed E-state index contributed by atoms with van der Waals surface area (Å²) in [5, 5.41) is 6.94. The first-order valence-corrected chi connectivity index (χ1v) is 6.27. The third-order valence-electron chi connectivity index (χ3n) is 2.69. The number of nitrogens with zero attached hydrogens (tertiary/aromatic N) is 4. The van der Waals surface area contributed by atoms with Gasteiger partial charge >= 0.3 is 0 Å². The minimum absolute atomic E-state index is 0.158. The van der Waals surface area contributed by atoms with Gasteiger partial charge in [0.25, 0.3) is 11.5 Å². The van der Waals surface area contributed by atoms with Gasteiger partial charge < -0.3 is 10.3 Å². The maximum absolute atomic E-state index is 11.7. The molecule has 2 aromatic heterocycles. The fourth-order valence-electron chi connectivity index (χ4n) is 1.79. The van der Waals surface area contributed by atoms with E-state index in [4.69, 9.17) is 0 Å². The zero-order valence-corrected chi connectivity index (χ0v) is 11.4. The van der Waals surface area contributed by atoms with Gasteiger partial charge in [0.2, 0.25) is 0 Å². The highest BCUT2D eigenvalue weighted by Crippen LogP contribution is 1.97. The standard InChI is InChI=1S/C12H16N6O2/c1-8-15-9(2)18(17-8)5-3-4-14-12(20)10-6-13-7-11(19)16-10/h6-7H,3-5H2,1-2H3,(H,14,20)(H,16,19). The highest BCUT2D eigenvalue weighted by molar-refractivity contribution is 5.91. The van der Waals surface area contributed by atoms with Gasteiger partial charge in [-0.15, -0.1) is 0 Å². The molecule has 2 N–H and O–H groups in total. The Balaban J connectivity index is 1.80. The number of aromatic nitrogens is 5. The van der Waals surface area contributed by atoms with Crippen molar-refractivity contribution in [3.63, 3.8) is 0 Å². The highest BCUT2D eigenvalue weighted by atomic mass is 16.2. The van der Waals surface area contributed by atoms with Gasteiger partial charge in [-0.3, -0.25) is 19.3 Å². The van der Waals surface area contributed by atoms with E-state index in [-0.39, 0.29) is 11.6 Å². The first-order chi connectivity index (χ1) is 9.56. The molecule has 2 rings (SSSR count). The predicted octanol–water partition coefficient (Wildman–Crippen LogP) is -0.202. The average molecular weight is 276 g/mol. The molecule has 8 heteroatoms. The van der Waals surface area contributed by atoms with Crippen molar-refractivity contribution < 1.29 is 4.79 Å². The van der Waals surface area contributed by atoms with Gasteiger partial charge in [-0.2, -0.15) is 5.10 Å². The van der Waals surface area contributed by atoms with Crippen LogP contribution in [0.4, 0.5) is 0 Å². The Labute approximate surface area is 115 Å². The number of aromatic amines is 1. The lowest BCUT2D eigenvalue weighted by Crippen LogP contribution is -2.28. The first-order valence-electron chi connectivity index (χ1n) is 6.27. The number of carbonyl (C=O) groups is 1. The van der Waals surface area contributed by atoms with Crippen LogP contribution >= 0.6 is 0 Å². The molecule has 8 nitrogen and oxygen atoms in total. The van der Waals surface area contributed by atoms with Crippen LogP contribution < -0.4 is 10.9 Å². The van der Waals surface area contributed by atoms with E-state index in [1.165, 1.54) is 6.20 Å². The van der Waals surface area contributed by atoms with E-state index in [1.807, 2.05) is 13.8 Å². The van der Waals surface area contributed by atoms with Gasteiger partial charge in [0.1, 0.15) is 17.3 Å². The van der Waals surface area contributed by atoms with E-state index in [9.17, 15) is 9.59 Å². The van der Waals surface area contributed by atoms with Crippen molar-refractivity contribution >= 4 is 5.91 Å². The lowest BCUT2D eigenvalue weighted by molar-refractivity contribution is 0.0947. The number of carbonyl (C=O) groups excluding carboxylic acids is 1. The molecule has 0 saturated carbocycles. The number of amides is 1. The summed E-state index contributed by atoms with van der Waals surface area (Å²) in [7, 11) is 0. The number of nitrogens with one attached hydrogen (secondary N) is 2. The molecule has 0 aliphatic carbocycles. The van der Waals surface area contributed by atoms with Crippen LogP contribution in [0.25, 0.3) is 0 Å². The molecule has 0 saturated heterocycles. The summed E-state index contributed by atoms with van der Waals surface area (Å²) in [6.45, 7) is 4.88. The fourth-order valence-corrected chi connectivity index (χ4v) is 1.79. The molecule has 106 valence electrons. The summed E-state index contributed by atoms with van der Waals surface area (Å²) in [4.78, 5) is 33.0. The predicted molar refractivity (Wildman–Crippen MR) is 71.3 cm³/mol. The van der Waals surface area contributed by atoms with E-state index < -0.39 is 5.56 Å². The highest BCUT2D eigenvalue weighted by Gasteiger charge is 2.06. The van der Waals surface area contributed by atoms with Crippen LogP contribution in [-0.2, 0) is 6.54 Å². The minimum Gasteiger partial charge on any atom is -0.351 e. The summed E-state index contributed by atoms with van der Waals surface area (Å²) < 4.78 is 1.80. The van der Waals surface area contributed by atoms with Crippen LogP contribution in [0.15, 0.2) is 17.2 Å². The minimum atomic E-state index is -0.397. The molecule has 0 radical (unpaired) electrons. The zero-order valence-electron chi connectivity index (χ0n) is 11.4. The molecule has 0 bridgehead atoms. The molecular formula is C12H16N6O2. The van der Waals surface area contributed by atoms with Crippen molar-refractivity contribution in [3.05, 3.63) is 40.1 Å². The topological polar surface area (TPSA) is 106 Å². The fraction of sp³-hybridized carbons (Fsp3) is 0.417. The third kappa shape index (κ3) is 3.50. The number of rotatable bonds is 5. The van der Waals surface area contributed by atoms with Gasteiger partial charge in [-0.05, 0) is 20.3 Å². The molecule has 0 aliphatic rings. The SMILES string of the molecule is Cc1nc(C)n(CCCNC(=O)c2cncc(=O)[nH]2)n1. The Kier molecular flexibility index (Phi) is 4.24. The van der Waals surface area contributed by atoms with E-state index in [0.717, 1.165) is 24.3 Å². The molecule has 2 aromatic rings.